The van der Waals surface area contributed by atoms with Crippen LogP contribution in [0.2, 0.25) is 0 Å². The van der Waals surface area contributed by atoms with Crippen molar-refractivity contribution in [1.82, 2.24) is 15.0 Å². The molecule has 0 spiro atoms. The molecule has 0 aliphatic carbocycles. The summed E-state index contributed by atoms with van der Waals surface area (Å²) in [6.07, 6.45) is 2.42. The molecule has 0 aliphatic rings. The van der Waals surface area contributed by atoms with E-state index in [1.54, 1.807) is 7.05 Å². The Morgan fingerprint density at radius 1 is 1.10 bits per heavy atom. The molecule has 0 bridgehead atoms. The molecule has 7 nitrogen and oxygen atoms in total. The molecule has 1 rings (SSSR count). The third-order valence-corrected chi connectivity index (χ3v) is 3.31. The minimum Gasteiger partial charge on any atom is -0.463 e. The molecular weight excluding hydrogens is 258 g/mol. The maximum Gasteiger partial charge on any atom is 0.323 e. The predicted octanol–water partition coefficient (Wildman–Crippen LogP) is 1.67. The zero-order valence-corrected chi connectivity index (χ0v) is 12.7. The van der Waals surface area contributed by atoms with E-state index in [1.807, 2.05) is 20.8 Å². The highest BCUT2D eigenvalue weighted by molar-refractivity contribution is 5.37. The fraction of sp³-hybridized carbons (Fsp3) is 0.769. The van der Waals surface area contributed by atoms with Gasteiger partial charge in [0.1, 0.15) is 0 Å². The summed E-state index contributed by atoms with van der Waals surface area (Å²) in [5, 5.41) is 15.7. The lowest BCUT2D eigenvalue weighted by Crippen LogP contribution is -2.41. The van der Waals surface area contributed by atoms with Crippen molar-refractivity contribution in [3.05, 3.63) is 0 Å². The zero-order valence-electron chi connectivity index (χ0n) is 12.7. The highest BCUT2D eigenvalue weighted by Gasteiger charge is 2.26. The van der Waals surface area contributed by atoms with E-state index in [0.717, 1.165) is 19.3 Å². The van der Waals surface area contributed by atoms with Gasteiger partial charge in [0, 0.05) is 7.05 Å². The van der Waals surface area contributed by atoms with Gasteiger partial charge in [-0.25, -0.2) is 0 Å². The predicted molar refractivity (Wildman–Crippen MR) is 79.2 cm³/mol. The van der Waals surface area contributed by atoms with E-state index < -0.39 is 5.54 Å². The monoisotopic (exact) mass is 283 g/mol. The lowest BCUT2D eigenvalue weighted by Gasteiger charge is -2.30. The number of anilines is 2. The van der Waals surface area contributed by atoms with Gasteiger partial charge in [0.25, 0.3) is 0 Å². The number of rotatable bonds is 9. The SMILES string of the molecule is CCCOc1nc(NC)nc(NC(CC)(CC)CO)n1. The zero-order chi connectivity index (χ0) is 15.0. The third kappa shape index (κ3) is 4.19. The number of hydrogen-bond acceptors (Lipinski definition) is 7. The first-order valence-electron chi connectivity index (χ1n) is 7.08. The van der Waals surface area contributed by atoms with E-state index in [1.165, 1.54) is 0 Å². The van der Waals surface area contributed by atoms with Gasteiger partial charge in [-0.05, 0) is 19.3 Å². The van der Waals surface area contributed by atoms with Gasteiger partial charge < -0.3 is 20.5 Å². The van der Waals surface area contributed by atoms with Gasteiger partial charge in [-0.2, -0.15) is 15.0 Å². The standard InChI is InChI=1S/C13H25N5O2/c1-5-8-20-12-16-10(14-4)15-11(17-12)18-13(6-2,7-3)9-19/h19H,5-9H2,1-4H3,(H2,14,15,16,17,18). The van der Waals surface area contributed by atoms with Crippen molar-refractivity contribution in [1.29, 1.82) is 0 Å². The molecule has 0 aliphatic heterocycles. The van der Waals surface area contributed by atoms with Crippen molar-refractivity contribution >= 4 is 11.9 Å². The van der Waals surface area contributed by atoms with E-state index in [9.17, 15) is 5.11 Å². The van der Waals surface area contributed by atoms with E-state index in [4.69, 9.17) is 4.74 Å². The van der Waals surface area contributed by atoms with Crippen LogP contribution < -0.4 is 15.4 Å². The summed E-state index contributed by atoms with van der Waals surface area (Å²) in [4.78, 5) is 12.6. The summed E-state index contributed by atoms with van der Waals surface area (Å²) >= 11 is 0. The number of aromatic nitrogens is 3. The first-order chi connectivity index (χ1) is 9.62. The minimum absolute atomic E-state index is 0.0196. The summed E-state index contributed by atoms with van der Waals surface area (Å²) in [6, 6.07) is 0.285. The molecule has 0 atom stereocenters. The summed E-state index contributed by atoms with van der Waals surface area (Å²) in [5.74, 6) is 0.848. The minimum atomic E-state index is -0.422. The van der Waals surface area contributed by atoms with Gasteiger partial charge >= 0.3 is 6.01 Å². The smallest absolute Gasteiger partial charge is 0.323 e. The average Bonchev–Trinajstić information content (AvgIpc) is 2.50. The number of ether oxygens (including phenoxy) is 1. The van der Waals surface area contributed by atoms with Crippen LogP contribution in [0, 0.1) is 0 Å². The van der Waals surface area contributed by atoms with Crippen LogP contribution in [-0.2, 0) is 0 Å². The van der Waals surface area contributed by atoms with Crippen molar-refractivity contribution in [2.45, 2.75) is 45.6 Å². The van der Waals surface area contributed by atoms with Crippen LogP contribution in [-0.4, -0.2) is 45.9 Å². The molecule has 0 amide bonds. The number of nitrogens with zero attached hydrogens (tertiary/aromatic N) is 3. The van der Waals surface area contributed by atoms with E-state index in [2.05, 4.69) is 25.6 Å². The lowest BCUT2D eigenvalue weighted by molar-refractivity contribution is 0.201. The van der Waals surface area contributed by atoms with Crippen molar-refractivity contribution in [2.75, 3.05) is 30.9 Å². The molecule has 0 fully saturated rings. The van der Waals surface area contributed by atoms with Crippen LogP contribution in [0.25, 0.3) is 0 Å². The molecule has 114 valence electrons. The molecule has 0 unspecified atom stereocenters. The lowest BCUT2D eigenvalue weighted by atomic mass is 9.94. The quantitative estimate of drug-likeness (QED) is 0.634. The maximum absolute atomic E-state index is 9.59. The van der Waals surface area contributed by atoms with Gasteiger partial charge in [0.15, 0.2) is 0 Å². The Labute approximate surface area is 120 Å². The molecule has 0 saturated carbocycles. The summed E-state index contributed by atoms with van der Waals surface area (Å²) < 4.78 is 5.45. The number of nitrogens with one attached hydrogen (secondary N) is 2. The summed E-state index contributed by atoms with van der Waals surface area (Å²) in [6.45, 7) is 6.62. The van der Waals surface area contributed by atoms with Gasteiger partial charge in [-0.3, -0.25) is 0 Å². The van der Waals surface area contributed by atoms with E-state index in [-0.39, 0.29) is 12.6 Å². The second kappa shape index (κ2) is 7.84. The van der Waals surface area contributed by atoms with Gasteiger partial charge in [0.2, 0.25) is 11.9 Å². The van der Waals surface area contributed by atoms with Crippen molar-refractivity contribution in [3.63, 3.8) is 0 Å². The number of hydrogen-bond donors (Lipinski definition) is 3. The first kappa shape index (κ1) is 16.4. The van der Waals surface area contributed by atoms with E-state index in [0.29, 0.717) is 18.5 Å². The molecule has 3 N–H and O–H groups in total. The fourth-order valence-corrected chi connectivity index (χ4v) is 1.71. The van der Waals surface area contributed by atoms with Crippen LogP contribution in [0.3, 0.4) is 0 Å². The van der Waals surface area contributed by atoms with Crippen LogP contribution in [0.5, 0.6) is 6.01 Å². The molecule has 20 heavy (non-hydrogen) atoms. The Bertz CT molecular complexity index is 401. The van der Waals surface area contributed by atoms with Crippen LogP contribution in [0.4, 0.5) is 11.9 Å². The summed E-state index contributed by atoms with van der Waals surface area (Å²) in [7, 11) is 1.74. The Balaban J connectivity index is 2.98. The number of aliphatic hydroxyl groups is 1. The highest BCUT2D eigenvalue weighted by atomic mass is 16.5. The van der Waals surface area contributed by atoms with E-state index >= 15 is 0 Å². The Morgan fingerprint density at radius 3 is 2.25 bits per heavy atom. The van der Waals surface area contributed by atoms with Crippen LogP contribution in [0.15, 0.2) is 0 Å². The second-order valence-electron chi connectivity index (χ2n) is 4.63. The van der Waals surface area contributed by atoms with Crippen molar-refractivity contribution in [2.24, 2.45) is 0 Å². The number of aliphatic hydroxyl groups excluding tert-OH is 1. The van der Waals surface area contributed by atoms with Crippen LogP contribution >= 0.6 is 0 Å². The molecule has 0 aromatic carbocycles. The van der Waals surface area contributed by atoms with Crippen molar-refractivity contribution < 1.29 is 9.84 Å². The second-order valence-corrected chi connectivity index (χ2v) is 4.63. The normalized spacial score (nSPS) is 11.2. The average molecular weight is 283 g/mol. The van der Waals surface area contributed by atoms with Crippen LogP contribution in [0.1, 0.15) is 40.0 Å². The maximum atomic E-state index is 9.59. The molecular formula is C13H25N5O2. The molecule has 1 aromatic heterocycles. The molecule has 1 heterocycles. The topological polar surface area (TPSA) is 92.2 Å². The first-order valence-corrected chi connectivity index (χ1v) is 7.08. The van der Waals surface area contributed by atoms with Gasteiger partial charge in [0.05, 0.1) is 18.8 Å². The largest absolute Gasteiger partial charge is 0.463 e. The Hall–Kier alpha value is -1.63. The van der Waals surface area contributed by atoms with Gasteiger partial charge in [-0.15, -0.1) is 0 Å². The molecule has 1 aromatic rings. The fourth-order valence-electron chi connectivity index (χ4n) is 1.71. The molecule has 7 heteroatoms. The van der Waals surface area contributed by atoms with Gasteiger partial charge in [-0.1, -0.05) is 20.8 Å². The Kier molecular flexibility index (Phi) is 6.44. The Morgan fingerprint density at radius 2 is 1.75 bits per heavy atom. The highest BCUT2D eigenvalue weighted by Crippen LogP contribution is 2.21. The third-order valence-electron chi connectivity index (χ3n) is 3.31. The molecule has 0 radical (unpaired) electrons. The molecule has 0 saturated heterocycles. The van der Waals surface area contributed by atoms with Crippen molar-refractivity contribution in [3.8, 4) is 6.01 Å². The summed E-state index contributed by atoms with van der Waals surface area (Å²) in [5.41, 5.74) is -0.422.